The van der Waals surface area contributed by atoms with Gasteiger partial charge < -0.3 is 15.2 Å². The highest BCUT2D eigenvalue weighted by molar-refractivity contribution is 7.89. The predicted molar refractivity (Wildman–Crippen MR) is 83.5 cm³/mol. The second-order valence-electron chi connectivity index (χ2n) is 6.12. The molecule has 1 fully saturated rings. The van der Waals surface area contributed by atoms with Gasteiger partial charge in [0.15, 0.2) is 0 Å². The molecule has 6 nitrogen and oxygen atoms in total. The molecular formula is C14H26N4O2S. The van der Waals surface area contributed by atoms with Crippen LogP contribution < -0.4 is 10.5 Å². The van der Waals surface area contributed by atoms with Gasteiger partial charge in [0.2, 0.25) is 10.0 Å². The molecule has 1 aromatic rings. The van der Waals surface area contributed by atoms with Crippen molar-refractivity contribution in [2.24, 2.45) is 5.73 Å². The zero-order valence-corrected chi connectivity index (χ0v) is 13.9. The molecule has 1 unspecified atom stereocenters. The average molecular weight is 314 g/mol. The van der Waals surface area contributed by atoms with E-state index in [-0.39, 0.29) is 6.04 Å². The number of hydrogen-bond acceptors (Lipinski definition) is 4. The highest BCUT2D eigenvalue weighted by atomic mass is 32.2. The van der Waals surface area contributed by atoms with E-state index in [0.29, 0.717) is 17.5 Å². The first-order valence-corrected chi connectivity index (χ1v) is 8.89. The van der Waals surface area contributed by atoms with Gasteiger partial charge in [-0.25, -0.2) is 13.1 Å². The molecule has 0 spiro atoms. The van der Waals surface area contributed by atoms with Crippen LogP contribution in [-0.2, 0) is 16.6 Å². The molecule has 1 aromatic heterocycles. The van der Waals surface area contributed by atoms with Crippen molar-refractivity contribution >= 4 is 10.0 Å². The minimum atomic E-state index is -3.47. The number of aromatic nitrogens is 1. The fourth-order valence-electron chi connectivity index (χ4n) is 2.34. The van der Waals surface area contributed by atoms with Gasteiger partial charge in [-0.1, -0.05) is 0 Å². The molecule has 1 heterocycles. The van der Waals surface area contributed by atoms with E-state index in [0.717, 1.165) is 31.5 Å². The molecule has 120 valence electrons. The summed E-state index contributed by atoms with van der Waals surface area (Å²) in [6, 6.07) is 2.03. The average Bonchev–Trinajstić information content (AvgIpc) is 3.14. The molecular weight excluding hydrogens is 288 g/mol. The summed E-state index contributed by atoms with van der Waals surface area (Å²) in [5.74, 6) is 0. The van der Waals surface area contributed by atoms with Crippen LogP contribution in [-0.4, -0.2) is 44.6 Å². The number of hydrogen-bond donors (Lipinski definition) is 2. The Balaban J connectivity index is 2.08. The molecule has 1 aliphatic carbocycles. The van der Waals surface area contributed by atoms with Crippen molar-refractivity contribution < 1.29 is 8.42 Å². The maximum absolute atomic E-state index is 12.4. The van der Waals surface area contributed by atoms with Gasteiger partial charge in [-0.2, -0.15) is 0 Å². The number of rotatable bonds is 8. The Labute approximate surface area is 127 Å². The van der Waals surface area contributed by atoms with Crippen molar-refractivity contribution in [2.75, 3.05) is 20.6 Å². The Morgan fingerprint density at radius 2 is 2.14 bits per heavy atom. The van der Waals surface area contributed by atoms with Crippen LogP contribution in [0.25, 0.3) is 0 Å². The Hall–Kier alpha value is -0.890. The second kappa shape index (κ2) is 6.48. The van der Waals surface area contributed by atoms with E-state index in [2.05, 4.69) is 4.72 Å². The number of nitrogens with two attached hydrogens (primary N) is 1. The van der Waals surface area contributed by atoms with E-state index in [1.54, 1.807) is 12.3 Å². The lowest BCUT2D eigenvalue weighted by atomic mass is 10.2. The lowest BCUT2D eigenvalue weighted by Gasteiger charge is -2.16. The summed E-state index contributed by atoms with van der Waals surface area (Å²) < 4.78 is 29.6. The highest BCUT2D eigenvalue weighted by Gasteiger charge is 2.28. The molecule has 0 aromatic carbocycles. The molecule has 0 bridgehead atoms. The summed E-state index contributed by atoms with van der Waals surface area (Å²) in [7, 11) is 0.484. The van der Waals surface area contributed by atoms with E-state index in [1.165, 1.54) is 0 Å². The summed E-state index contributed by atoms with van der Waals surface area (Å²) >= 11 is 0. The van der Waals surface area contributed by atoms with Crippen molar-refractivity contribution in [1.29, 1.82) is 0 Å². The first-order valence-electron chi connectivity index (χ1n) is 7.41. The molecule has 0 amide bonds. The third-order valence-corrected chi connectivity index (χ3v) is 5.29. The minimum absolute atomic E-state index is 0.0944. The van der Waals surface area contributed by atoms with E-state index in [1.807, 2.05) is 30.5 Å². The first kappa shape index (κ1) is 16.5. The maximum atomic E-state index is 12.4. The van der Waals surface area contributed by atoms with Gasteiger partial charge in [0.25, 0.3) is 0 Å². The summed E-state index contributed by atoms with van der Waals surface area (Å²) in [6.07, 6.45) is 4.71. The Morgan fingerprint density at radius 3 is 2.67 bits per heavy atom. The molecule has 21 heavy (non-hydrogen) atoms. The van der Waals surface area contributed by atoms with Crippen LogP contribution in [0.3, 0.4) is 0 Å². The molecule has 7 heteroatoms. The number of sulfonamides is 1. The van der Waals surface area contributed by atoms with E-state index < -0.39 is 10.0 Å². The number of nitrogens with zero attached hydrogens (tertiary/aromatic N) is 2. The van der Waals surface area contributed by atoms with Crippen LogP contribution in [0.15, 0.2) is 17.2 Å². The molecule has 0 aliphatic heterocycles. The summed E-state index contributed by atoms with van der Waals surface area (Å²) in [5.41, 5.74) is 6.60. The highest BCUT2D eigenvalue weighted by Crippen LogP contribution is 2.37. The van der Waals surface area contributed by atoms with Crippen LogP contribution in [0, 0.1) is 0 Å². The van der Waals surface area contributed by atoms with Crippen molar-refractivity contribution in [3.05, 3.63) is 18.0 Å². The predicted octanol–water partition coefficient (Wildman–Crippen LogP) is 0.900. The van der Waals surface area contributed by atoms with Crippen LogP contribution in [0.4, 0.5) is 0 Å². The van der Waals surface area contributed by atoms with E-state index in [4.69, 9.17) is 5.73 Å². The van der Waals surface area contributed by atoms with Crippen molar-refractivity contribution in [1.82, 2.24) is 14.2 Å². The van der Waals surface area contributed by atoms with Crippen LogP contribution in [0.5, 0.6) is 0 Å². The van der Waals surface area contributed by atoms with Gasteiger partial charge in [-0.3, -0.25) is 0 Å². The van der Waals surface area contributed by atoms with Crippen molar-refractivity contribution in [3.8, 4) is 0 Å². The van der Waals surface area contributed by atoms with Gasteiger partial charge in [0, 0.05) is 30.5 Å². The van der Waals surface area contributed by atoms with Crippen molar-refractivity contribution in [3.63, 3.8) is 0 Å². The zero-order chi connectivity index (χ0) is 15.6. The zero-order valence-electron chi connectivity index (χ0n) is 13.0. The maximum Gasteiger partial charge on any atom is 0.242 e. The lowest BCUT2D eigenvalue weighted by Crippen LogP contribution is -2.34. The topological polar surface area (TPSA) is 80.4 Å². The van der Waals surface area contributed by atoms with Crippen molar-refractivity contribution in [2.45, 2.75) is 49.7 Å². The third kappa shape index (κ3) is 4.29. The summed E-state index contributed by atoms with van der Waals surface area (Å²) in [6.45, 7) is 3.10. The molecule has 0 saturated heterocycles. The summed E-state index contributed by atoms with van der Waals surface area (Å²) in [5, 5.41) is 0. The largest absolute Gasteiger partial charge is 0.346 e. The van der Waals surface area contributed by atoms with Gasteiger partial charge >= 0.3 is 0 Å². The SMILES string of the molecule is CC(CCN(C)C)NS(=O)(=O)c1cc(CN)n(C2CC2)c1. The Morgan fingerprint density at radius 1 is 1.48 bits per heavy atom. The fraction of sp³-hybridized carbons (Fsp3) is 0.714. The Kier molecular flexibility index (Phi) is 5.08. The minimum Gasteiger partial charge on any atom is -0.346 e. The quantitative estimate of drug-likeness (QED) is 0.747. The van der Waals surface area contributed by atoms with Crippen LogP contribution >= 0.6 is 0 Å². The number of nitrogens with one attached hydrogen (secondary N) is 1. The molecule has 2 rings (SSSR count). The third-order valence-electron chi connectivity index (χ3n) is 3.73. The van der Waals surface area contributed by atoms with E-state index >= 15 is 0 Å². The molecule has 1 atom stereocenters. The fourth-order valence-corrected chi connectivity index (χ4v) is 3.67. The molecule has 1 aliphatic rings. The van der Waals surface area contributed by atoms with Gasteiger partial charge in [-0.05, 0) is 52.9 Å². The summed E-state index contributed by atoms with van der Waals surface area (Å²) in [4.78, 5) is 2.37. The standard InChI is InChI=1S/C14H26N4O2S/c1-11(6-7-17(2)3)16-21(19,20)14-8-13(9-15)18(10-14)12-4-5-12/h8,10-12,16H,4-7,9,15H2,1-3H3. The van der Waals surface area contributed by atoms with Gasteiger partial charge in [0.1, 0.15) is 0 Å². The lowest BCUT2D eigenvalue weighted by molar-refractivity contribution is 0.379. The Bertz CT molecular complexity index is 576. The molecule has 3 N–H and O–H groups in total. The molecule has 0 radical (unpaired) electrons. The second-order valence-corrected chi connectivity index (χ2v) is 7.84. The van der Waals surface area contributed by atoms with Gasteiger partial charge in [0.05, 0.1) is 4.90 Å². The molecule has 1 saturated carbocycles. The van der Waals surface area contributed by atoms with Crippen LogP contribution in [0.2, 0.25) is 0 Å². The first-order chi connectivity index (χ1) is 9.83. The van der Waals surface area contributed by atoms with Crippen LogP contribution in [0.1, 0.15) is 37.9 Å². The smallest absolute Gasteiger partial charge is 0.242 e. The van der Waals surface area contributed by atoms with Gasteiger partial charge in [-0.15, -0.1) is 0 Å². The normalized spacial score (nSPS) is 17.4. The monoisotopic (exact) mass is 314 g/mol. The van der Waals surface area contributed by atoms with E-state index in [9.17, 15) is 8.42 Å².